The number of aromatic nitrogens is 1. The molecular weight excluding hydrogens is 474 g/mol. The molecule has 2 atom stereocenters. The molecule has 2 aromatic rings. The fraction of sp³-hybridized carbons (Fsp3) is 0.435. The summed E-state index contributed by atoms with van der Waals surface area (Å²) in [5.74, 6) is -1.54. The highest BCUT2D eigenvalue weighted by molar-refractivity contribution is 7.91. The smallest absolute Gasteiger partial charge is 0.268 e. The third-order valence-electron chi connectivity index (χ3n) is 5.72. The molecule has 0 spiro atoms. The number of hydrogen-bond acceptors (Lipinski definition) is 6. The van der Waals surface area contributed by atoms with Gasteiger partial charge in [0.15, 0.2) is 0 Å². The molecule has 0 unspecified atom stereocenters. The number of fused-ring (bicyclic) bond motifs is 1. The first-order chi connectivity index (χ1) is 16.6. The van der Waals surface area contributed by atoms with Crippen LogP contribution in [0.1, 0.15) is 37.2 Å². The van der Waals surface area contributed by atoms with Crippen molar-refractivity contribution >= 4 is 38.6 Å². The van der Waals surface area contributed by atoms with E-state index in [1.165, 1.54) is 7.11 Å². The zero-order chi connectivity index (χ0) is 25.8. The van der Waals surface area contributed by atoms with Crippen molar-refractivity contribution in [2.24, 2.45) is 11.8 Å². The topological polar surface area (TPSA) is 150 Å². The molecule has 0 aliphatic carbocycles. The van der Waals surface area contributed by atoms with E-state index >= 15 is 0 Å². The average Bonchev–Trinajstić information content (AvgIpc) is 3.43. The van der Waals surface area contributed by atoms with Crippen LogP contribution in [-0.4, -0.2) is 61.8 Å². The molecule has 3 amide bonds. The number of sulfonamides is 1. The second kappa shape index (κ2) is 10.9. The standard InChI is InChI=1S/C23H31N5O6S/c1-5-35(32,33)28(13-15-9-10-24-21(15)29)27-23(31)18(11-14(2)3)26-22(30)19-12-16-17(25-19)7-6-8-20(16)34-4/h5-8,12,14-15,18,25H,1,9-11,13H2,2-4H3,(H,24,29)(H,26,30)(H,27,31)/t15-,18-/m0/s1. The van der Waals surface area contributed by atoms with Crippen molar-refractivity contribution in [3.05, 3.63) is 41.9 Å². The summed E-state index contributed by atoms with van der Waals surface area (Å²) in [6.07, 6.45) is 0.695. The molecule has 0 saturated carbocycles. The van der Waals surface area contributed by atoms with Crippen molar-refractivity contribution in [2.45, 2.75) is 32.7 Å². The minimum atomic E-state index is -4.08. The monoisotopic (exact) mass is 505 g/mol. The zero-order valence-electron chi connectivity index (χ0n) is 20.0. The number of aromatic amines is 1. The average molecular weight is 506 g/mol. The van der Waals surface area contributed by atoms with E-state index in [9.17, 15) is 22.8 Å². The Bertz CT molecular complexity index is 1220. The summed E-state index contributed by atoms with van der Waals surface area (Å²) in [4.78, 5) is 41.1. The van der Waals surface area contributed by atoms with Crippen LogP contribution in [0.15, 0.2) is 36.3 Å². The molecule has 1 saturated heterocycles. The molecular formula is C23H31N5O6S. The number of H-pyrrole nitrogens is 1. The molecule has 11 nitrogen and oxygen atoms in total. The van der Waals surface area contributed by atoms with E-state index in [-0.39, 0.29) is 30.5 Å². The minimum Gasteiger partial charge on any atom is -0.496 e. The quantitative estimate of drug-likeness (QED) is 0.338. The van der Waals surface area contributed by atoms with Gasteiger partial charge in [-0.15, -0.1) is 4.41 Å². The highest BCUT2D eigenvalue weighted by atomic mass is 32.2. The Kier molecular flexibility index (Phi) is 8.18. The summed E-state index contributed by atoms with van der Waals surface area (Å²) in [5, 5.41) is 6.75. The Labute approximate surface area is 204 Å². The molecule has 12 heteroatoms. The van der Waals surface area contributed by atoms with Crippen LogP contribution in [0.25, 0.3) is 10.9 Å². The number of nitrogens with one attached hydrogen (secondary N) is 4. The largest absolute Gasteiger partial charge is 0.496 e. The molecule has 4 N–H and O–H groups in total. The van der Waals surface area contributed by atoms with Crippen molar-refractivity contribution in [3.8, 4) is 5.75 Å². The molecule has 190 valence electrons. The molecule has 35 heavy (non-hydrogen) atoms. The van der Waals surface area contributed by atoms with Gasteiger partial charge in [-0.1, -0.05) is 26.5 Å². The highest BCUT2D eigenvalue weighted by Crippen LogP contribution is 2.26. The first-order valence-corrected chi connectivity index (χ1v) is 12.8. The first kappa shape index (κ1) is 26.2. The van der Waals surface area contributed by atoms with Crippen LogP contribution in [0.4, 0.5) is 0 Å². The van der Waals surface area contributed by atoms with E-state index in [0.717, 1.165) is 0 Å². The number of methoxy groups -OCH3 is 1. The van der Waals surface area contributed by atoms with Crippen molar-refractivity contribution in [2.75, 3.05) is 20.2 Å². The second-order valence-corrected chi connectivity index (χ2v) is 10.6. The van der Waals surface area contributed by atoms with E-state index in [2.05, 4.69) is 27.6 Å². The summed E-state index contributed by atoms with van der Waals surface area (Å²) in [5.41, 5.74) is 3.29. The molecule has 1 aliphatic rings. The number of hydrogen-bond donors (Lipinski definition) is 4. The molecule has 1 aliphatic heterocycles. The Morgan fingerprint density at radius 2 is 2.09 bits per heavy atom. The summed E-state index contributed by atoms with van der Waals surface area (Å²) in [6.45, 7) is 7.25. The van der Waals surface area contributed by atoms with Crippen LogP contribution >= 0.6 is 0 Å². The summed E-state index contributed by atoms with van der Waals surface area (Å²) >= 11 is 0. The van der Waals surface area contributed by atoms with Gasteiger partial charge in [0.25, 0.3) is 21.8 Å². The summed E-state index contributed by atoms with van der Waals surface area (Å²) in [6, 6.07) is 5.95. The van der Waals surface area contributed by atoms with Gasteiger partial charge in [0.2, 0.25) is 5.91 Å². The number of amides is 3. The third-order valence-corrected chi connectivity index (χ3v) is 7.00. The summed E-state index contributed by atoms with van der Waals surface area (Å²) in [7, 11) is -2.55. The molecule has 3 rings (SSSR count). The van der Waals surface area contributed by atoms with Crippen molar-refractivity contribution < 1.29 is 27.5 Å². The lowest BCUT2D eigenvalue weighted by Crippen LogP contribution is -2.55. The number of rotatable bonds is 11. The Hall–Kier alpha value is -3.38. The number of carbonyl (C=O) groups is 3. The van der Waals surface area contributed by atoms with Gasteiger partial charge in [-0.3, -0.25) is 19.8 Å². The van der Waals surface area contributed by atoms with Crippen molar-refractivity contribution in [1.82, 2.24) is 25.5 Å². The zero-order valence-corrected chi connectivity index (χ0v) is 20.8. The van der Waals surface area contributed by atoms with Gasteiger partial charge < -0.3 is 20.4 Å². The van der Waals surface area contributed by atoms with Crippen molar-refractivity contribution in [3.63, 3.8) is 0 Å². The van der Waals surface area contributed by atoms with Gasteiger partial charge in [-0.2, -0.15) is 0 Å². The Morgan fingerprint density at radius 3 is 2.69 bits per heavy atom. The van der Waals surface area contributed by atoms with E-state index < -0.39 is 33.8 Å². The Morgan fingerprint density at radius 1 is 1.34 bits per heavy atom. The van der Waals surface area contributed by atoms with Gasteiger partial charge >= 0.3 is 0 Å². The molecule has 0 bridgehead atoms. The number of benzene rings is 1. The maximum absolute atomic E-state index is 13.1. The van der Waals surface area contributed by atoms with E-state index in [4.69, 9.17) is 4.74 Å². The highest BCUT2D eigenvalue weighted by Gasteiger charge is 2.33. The van der Waals surface area contributed by atoms with Gasteiger partial charge in [0.1, 0.15) is 17.5 Å². The fourth-order valence-corrected chi connectivity index (χ4v) is 4.67. The number of carbonyl (C=O) groups excluding carboxylic acids is 3. The fourth-order valence-electron chi connectivity index (χ4n) is 3.89. The number of ether oxygens (including phenoxy) is 1. The van der Waals surface area contributed by atoms with E-state index in [1.807, 2.05) is 13.8 Å². The van der Waals surface area contributed by atoms with Gasteiger partial charge in [-0.05, 0) is 37.0 Å². The van der Waals surface area contributed by atoms with E-state index in [1.54, 1.807) is 24.3 Å². The maximum atomic E-state index is 13.1. The van der Waals surface area contributed by atoms with Crippen molar-refractivity contribution in [1.29, 1.82) is 0 Å². The minimum absolute atomic E-state index is 0.0129. The third kappa shape index (κ3) is 6.20. The Balaban J connectivity index is 1.80. The maximum Gasteiger partial charge on any atom is 0.268 e. The predicted molar refractivity (Wildman–Crippen MR) is 131 cm³/mol. The second-order valence-electron chi connectivity index (χ2n) is 8.76. The molecule has 0 radical (unpaired) electrons. The lowest BCUT2D eigenvalue weighted by molar-refractivity contribution is -0.128. The lowest BCUT2D eigenvalue weighted by atomic mass is 10.0. The van der Waals surface area contributed by atoms with Crippen LogP contribution in [-0.2, 0) is 19.6 Å². The van der Waals surface area contributed by atoms with Gasteiger partial charge in [0.05, 0.1) is 13.0 Å². The van der Waals surface area contributed by atoms with Crippen LogP contribution in [0.5, 0.6) is 5.75 Å². The number of nitrogens with zero attached hydrogens (tertiary/aromatic N) is 1. The van der Waals surface area contributed by atoms with Crippen LogP contribution in [0.2, 0.25) is 0 Å². The molecule has 2 heterocycles. The molecule has 1 fully saturated rings. The number of hydrazine groups is 1. The molecule has 1 aromatic heterocycles. The van der Waals surface area contributed by atoms with Crippen LogP contribution in [0, 0.1) is 11.8 Å². The van der Waals surface area contributed by atoms with Gasteiger partial charge in [0, 0.05) is 29.4 Å². The molecule has 1 aromatic carbocycles. The SMILES string of the molecule is C=CS(=O)(=O)N(C[C@@H]1CCNC1=O)NC(=O)[C@H](CC(C)C)NC(=O)c1cc2c(OC)cccc2[nH]1. The normalized spacial score (nSPS) is 16.8. The van der Waals surface area contributed by atoms with Crippen LogP contribution < -0.4 is 20.8 Å². The lowest BCUT2D eigenvalue weighted by Gasteiger charge is -2.26. The van der Waals surface area contributed by atoms with Crippen LogP contribution in [0.3, 0.4) is 0 Å². The van der Waals surface area contributed by atoms with Gasteiger partial charge in [-0.25, -0.2) is 8.42 Å². The predicted octanol–water partition coefficient (Wildman–Crippen LogP) is 1.26. The summed E-state index contributed by atoms with van der Waals surface area (Å²) < 4.78 is 31.1. The first-order valence-electron chi connectivity index (χ1n) is 11.3. The van der Waals surface area contributed by atoms with E-state index in [0.29, 0.717) is 39.4 Å².